The minimum atomic E-state index is -4.73. The van der Waals surface area contributed by atoms with Crippen LogP contribution in [-0.4, -0.2) is 9.13 Å². The van der Waals surface area contributed by atoms with Gasteiger partial charge in [0.15, 0.2) is 0 Å². The predicted molar refractivity (Wildman–Crippen MR) is 276 cm³/mol. The van der Waals surface area contributed by atoms with Gasteiger partial charge in [0.2, 0.25) is 0 Å². The van der Waals surface area contributed by atoms with Gasteiger partial charge in [0.25, 0.3) is 0 Å². The van der Waals surface area contributed by atoms with Gasteiger partial charge in [-0.2, -0.15) is 23.7 Å². The van der Waals surface area contributed by atoms with Crippen molar-refractivity contribution in [3.05, 3.63) is 191 Å². The molecular weight excluding hydrogens is 870 g/mol. The van der Waals surface area contributed by atoms with E-state index in [2.05, 4.69) is 134 Å². The fourth-order valence-corrected chi connectivity index (χ4v) is 13.7. The van der Waals surface area contributed by atoms with Crippen LogP contribution in [0.5, 0.6) is 0 Å². The summed E-state index contributed by atoms with van der Waals surface area (Å²) in [4.78, 5) is 0. The molecule has 1 fully saturated rings. The van der Waals surface area contributed by atoms with E-state index in [0.717, 1.165) is 50.3 Å². The third-order valence-corrected chi connectivity index (χ3v) is 16.6. The summed E-state index contributed by atoms with van der Waals surface area (Å²) in [5.74, 6) is 1.04. The summed E-state index contributed by atoms with van der Waals surface area (Å²) in [6, 6.07) is 54.1. The summed E-state index contributed by atoms with van der Waals surface area (Å²) in [5, 5.41) is 25.4. The zero-order valence-electron chi connectivity index (χ0n) is 39.3. The first-order chi connectivity index (χ1) is 33.8. The van der Waals surface area contributed by atoms with Crippen molar-refractivity contribution in [2.45, 2.75) is 76.3 Å². The Labute approximate surface area is 404 Å². The summed E-state index contributed by atoms with van der Waals surface area (Å²) < 4.78 is 49.7. The van der Waals surface area contributed by atoms with Crippen LogP contribution in [0.4, 0.5) is 13.2 Å². The van der Waals surface area contributed by atoms with E-state index < -0.39 is 11.7 Å². The van der Waals surface area contributed by atoms with Gasteiger partial charge in [-0.1, -0.05) is 125 Å². The van der Waals surface area contributed by atoms with Crippen molar-refractivity contribution in [3.8, 4) is 56.9 Å². The highest BCUT2D eigenvalue weighted by atomic mass is 19.4. The summed E-state index contributed by atoms with van der Waals surface area (Å²) in [6.07, 6.45) is 0.102. The van der Waals surface area contributed by atoms with Crippen molar-refractivity contribution in [1.29, 1.82) is 10.5 Å². The number of rotatable bonds is 4. The molecule has 2 aromatic heterocycles. The standard InChI is InChI=1S/C63H47F3N4/c1-61(2)49-17-9-5-13-41(49)43-26-29-55-57(59(43)61)45-15-7-11-19-52(45)69(55)39-24-22-38(35-68)47(33-39)48-32-37(40-25-21-36(34-67)31-51(40)63(64,65)66)23-28-54(48)70-53-20-12-8-16-46(53)58-56(70)30-27-44-42-14-6-10-18-50(42)62(3,4)60(44)58/h5,7-9,11-13,15-17,19-33,42,50H,6,10,14,18H2,1-4H3. The van der Waals surface area contributed by atoms with Crippen LogP contribution in [0.15, 0.2) is 152 Å². The molecule has 10 aromatic rings. The molecule has 2 atom stereocenters. The Morgan fingerprint density at radius 3 is 1.99 bits per heavy atom. The summed E-state index contributed by atoms with van der Waals surface area (Å²) in [7, 11) is 0. The van der Waals surface area contributed by atoms with Gasteiger partial charge in [0.05, 0.1) is 56.6 Å². The van der Waals surface area contributed by atoms with Crippen LogP contribution in [0.2, 0.25) is 0 Å². The van der Waals surface area contributed by atoms with Crippen molar-refractivity contribution < 1.29 is 13.2 Å². The minimum Gasteiger partial charge on any atom is -0.309 e. The Hall–Kier alpha value is -7.87. The molecule has 13 rings (SSSR count). The number of para-hydroxylation sites is 2. The molecule has 2 heterocycles. The van der Waals surface area contributed by atoms with E-state index in [1.807, 2.05) is 42.5 Å². The summed E-state index contributed by atoms with van der Waals surface area (Å²) >= 11 is 0. The molecule has 2 unspecified atom stereocenters. The van der Waals surface area contributed by atoms with E-state index in [9.17, 15) is 10.5 Å². The number of benzene rings is 8. The smallest absolute Gasteiger partial charge is 0.309 e. The second-order valence-electron chi connectivity index (χ2n) is 20.8. The molecule has 8 aromatic carbocycles. The number of nitriles is 2. The molecule has 70 heavy (non-hydrogen) atoms. The SMILES string of the molecule is CC1(C)c2ccccc2-c2ccc3c(c21)c1ccccc1n3-c1ccc(C#N)c(-c2cc(-c3ccc(C#N)cc3C(F)(F)F)ccc2-n2c3ccccc3c3c4c(ccc32)C2CCCCC2C4(C)C)c1. The largest absolute Gasteiger partial charge is 0.417 e. The van der Waals surface area contributed by atoms with Gasteiger partial charge in [-0.15, -0.1) is 0 Å². The predicted octanol–water partition coefficient (Wildman–Crippen LogP) is 16.8. The van der Waals surface area contributed by atoms with Crippen molar-refractivity contribution in [2.24, 2.45) is 5.92 Å². The first kappa shape index (κ1) is 42.2. The van der Waals surface area contributed by atoms with Crippen LogP contribution >= 0.6 is 0 Å². The molecule has 0 N–H and O–H groups in total. The normalized spacial score (nSPS) is 17.6. The zero-order chi connectivity index (χ0) is 48.0. The lowest BCUT2D eigenvalue weighted by Crippen LogP contribution is -2.28. The third kappa shape index (κ3) is 5.76. The number of hydrogen-bond donors (Lipinski definition) is 0. The first-order valence-corrected chi connectivity index (χ1v) is 24.4. The number of halogens is 3. The Balaban J connectivity index is 1.11. The van der Waals surface area contributed by atoms with Gasteiger partial charge >= 0.3 is 6.18 Å². The minimum absolute atomic E-state index is 0.0433. The fourth-order valence-electron chi connectivity index (χ4n) is 13.7. The first-order valence-electron chi connectivity index (χ1n) is 24.4. The van der Waals surface area contributed by atoms with Crippen LogP contribution in [0, 0.1) is 28.6 Å². The zero-order valence-corrected chi connectivity index (χ0v) is 39.3. The molecule has 4 nitrogen and oxygen atoms in total. The molecule has 0 amide bonds. The molecular formula is C63H47F3N4. The molecule has 0 saturated heterocycles. The summed E-state index contributed by atoms with van der Waals surface area (Å²) in [6.45, 7) is 9.42. The molecule has 0 spiro atoms. The highest BCUT2D eigenvalue weighted by Crippen LogP contribution is 2.59. The molecule has 0 radical (unpaired) electrons. The second kappa shape index (κ2) is 14.8. The van der Waals surface area contributed by atoms with Crippen LogP contribution in [0.1, 0.15) is 98.2 Å². The van der Waals surface area contributed by atoms with Crippen molar-refractivity contribution in [2.75, 3.05) is 0 Å². The Bertz CT molecular complexity index is 4000. The molecule has 7 heteroatoms. The number of aromatic nitrogens is 2. The Morgan fingerprint density at radius 1 is 0.557 bits per heavy atom. The molecule has 3 aliphatic rings. The highest BCUT2D eigenvalue weighted by Gasteiger charge is 2.48. The molecule has 0 bridgehead atoms. The van der Waals surface area contributed by atoms with Crippen LogP contribution in [0.3, 0.4) is 0 Å². The van der Waals surface area contributed by atoms with Gasteiger partial charge in [-0.05, 0) is 141 Å². The molecule has 1 saturated carbocycles. The monoisotopic (exact) mass is 916 g/mol. The van der Waals surface area contributed by atoms with E-state index >= 15 is 13.2 Å². The molecule has 0 aliphatic heterocycles. The average Bonchev–Trinajstić information content (AvgIpc) is 4.04. The average molecular weight is 917 g/mol. The Kier molecular flexibility index (Phi) is 8.94. The van der Waals surface area contributed by atoms with Crippen LogP contribution in [0.25, 0.3) is 88.4 Å². The second-order valence-corrected chi connectivity index (χ2v) is 20.8. The van der Waals surface area contributed by atoms with Gasteiger partial charge < -0.3 is 9.13 Å². The maximum Gasteiger partial charge on any atom is 0.417 e. The number of alkyl halides is 3. The number of nitrogens with zero attached hydrogens (tertiary/aromatic N) is 4. The molecule has 340 valence electrons. The van der Waals surface area contributed by atoms with E-state index in [1.165, 1.54) is 82.0 Å². The van der Waals surface area contributed by atoms with Crippen molar-refractivity contribution >= 4 is 43.6 Å². The van der Waals surface area contributed by atoms with Gasteiger partial charge in [0, 0.05) is 43.8 Å². The van der Waals surface area contributed by atoms with Gasteiger partial charge in [-0.25, -0.2) is 0 Å². The quantitative estimate of drug-likeness (QED) is 0.177. The molecule has 3 aliphatic carbocycles. The van der Waals surface area contributed by atoms with Gasteiger partial charge in [-0.3, -0.25) is 0 Å². The van der Waals surface area contributed by atoms with Crippen molar-refractivity contribution in [1.82, 2.24) is 9.13 Å². The van der Waals surface area contributed by atoms with E-state index in [-0.39, 0.29) is 22.0 Å². The Morgan fingerprint density at radius 2 is 1.23 bits per heavy atom. The highest BCUT2D eigenvalue weighted by molar-refractivity contribution is 6.15. The topological polar surface area (TPSA) is 57.4 Å². The van der Waals surface area contributed by atoms with E-state index in [0.29, 0.717) is 34.1 Å². The lowest BCUT2D eigenvalue weighted by Gasteiger charge is -2.35. The van der Waals surface area contributed by atoms with E-state index in [1.54, 1.807) is 6.07 Å². The van der Waals surface area contributed by atoms with Crippen LogP contribution < -0.4 is 0 Å². The fraction of sp³-hybridized carbons (Fsp3) is 0.206. The summed E-state index contributed by atoms with van der Waals surface area (Å²) in [5.41, 5.74) is 14.0. The number of hydrogen-bond acceptors (Lipinski definition) is 2. The van der Waals surface area contributed by atoms with Crippen molar-refractivity contribution in [3.63, 3.8) is 0 Å². The van der Waals surface area contributed by atoms with E-state index in [4.69, 9.17) is 0 Å². The lowest BCUT2D eigenvalue weighted by atomic mass is 9.69. The number of fused-ring (bicyclic) bond motifs is 14. The maximum atomic E-state index is 15.0. The third-order valence-electron chi connectivity index (χ3n) is 16.6. The maximum absolute atomic E-state index is 15.0. The van der Waals surface area contributed by atoms with Crippen LogP contribution in [-0.2, 0) is 17.0 Å². The van der Waals surface area contributed by atoms with Gasteiger partial charge in [0.1, 0.15) is 0 Å². The lowest BCUT2D eigenvalue weighted by molar-refractivity contribution is -0.137.